The quantitative estimate of drug-likeness (QED) is 0.464. The summed E-state index contributed by atoms with van der Waals surface area (Å²) in [4.78, 5) is 33.6. The fourth-order valence-corrected chi connectivity index (χ4v) is 3.57. The van der Waals surface area contributed by atoms with Gasteiger partial charge in [0.25, 0.3) is 5.69 Å². The lowest BCUT2D eigenvalue weighted by Crippen LogP contribution is -2.35. The van der Waals surface area contributed by atoms with Crippen LogP contribution in [0.25, 0.3) is 0 Å². The molecule has 168 valence electrons. The first kappa shape index (κ1) is 24.3. The Morgan fingerprint density at radius 1 is 1.32 bits per heavy atom. The standard InChI is InChI=1S/C21H28N6O3.ClH/c1-4-5-6-16-12-20(26-10-9-18(13-26)22-15(3)28)25-21(23-16)24-17-8-7-14(2)19(11-17)27(29)30;/h7-8,11-12,18H,4-6,9-10,13H2,1-3H3,(H,22,28)(H,23,24,25);1H/t18-;/m0./s1. The minimum Gasteiger partial charge on any atom is -0.354 e. The third-order valence-electron chi connectivity index (χ3n) is 5.13. The summed E-state index contributed by atoms with van der Waals surface area (Å²) < 4.78 is 0. The van der Waals surface area contributed by atoms with Gasteiger partial charge in [0.2, 0.25) is 11.9 Å². The van der Waals surface area contributed by atoms with E-state index >= 15 is 0 Å². The molecule has 1 aromatic carbocycles. The summed E-state index contributed by atoms with van der Waals surface area (Å²) in [5.74, 6) is 1.18. The number of nitro groups is 1. The summed E-state index contributed by atoms with van der Waals surface area (Å²) in [6, 6.07) is 7.09. The van der Waals surface area contributed by atoms with Crippen LogP contribution in [0, 0.1) is 17.0 Å². The molecule has 2 aromatic rings. The van der Waals surface area contributed by atoms with Gasteiger partial charge in [0.05, 0.1) is 4.92 Å². The molecule has 9 nitrogen and oxygen atoms in total. The molecule has 1 aromatic heterocycles. The number of hydrogen-bond donors (Lipinski definition) is 2. The first-order valence-corrected chi connectivity index (χ1v) is 10.3. The summed E-state index contributed by atoms with van der Waals surface area (Å²) in [6.45, 7) is 6.86. The highest BCUT2D eigenvalue weighted by molar-refractivity contribution is 5.85. The first-order chi connectivity index (χ1) is 14.4. The molecular formula is C21H29ClN6O3. The summed E-state index contributed by atoms with van der Waals surface area (Å²) in [5.41, 5.74) is 2.15. The van der Waals surface area contributed by atoms with E-state index in [1.165, 1.54) is 13.0 Å². The molecular weight excluding hydrogens is 420 g/mol. The number of nitro benzene ring substituents is 1. The lowest BCUT2D eigenvalue weighted by atomic mass is 10.2. The number of nitrogens with zero attached hydrogens (tertiary/aromatic N) is 4. The largest absolute Gasteiger partial charge is 0.354 e. The number of rotatable bonds is 8. The van der Waals surface area contributed by atoms with Gasteiger partial charge >= 0.3 is 0 Å². The number of carbonyl (C=O) groups is 1. The molecule has 2 N–H and O–H groups in total. The number of halogens is 1. The average Bonchev–Trinajstić information content (AvgIpc) is 3.15. The third kappa shape index (κ3) is 6.52. The number of nitrogens with one attached hydrogen (secondary N) is 2. The van der Waals surface area contributed by atoms with Gasteiger partial charge in [-0.2, -0.15) is 4.98 Å². The van der Waals surface area contributed by atoms with Crippen molar-refractivity contribution in [1.29, 1.82) is 0 Å². The molecule has 31 heavy (non-hydrogen) atoms. The van der Waals surface area contributed by atoms with Crippen molar-refractivity contribution in [3.63, 3.8) is 0 Å². The number of aromatic nitrogens is 2. The second-order valence-electron chi connectivity index (χ2n) is 7.66. The van der Waals surface area contributed by atoms with Crippen LogP contribution in [-0.2, 0) is 11.2 Å². The average molecular weight is 449 g/mol. The summed E-state index contributed by atoms with van der Waals surface area (Å²) in [5, 5.41) is 17.3. The van der Waals surface area contributed by atoms with E-state index in [0.717, 1.165) is 43.7 Å². The molecule has 1 aliphatic rings. The summed E-state index contributed by atoms with van der Waals surface area (Å²) in [6.07, 6.45) is 3.76. The van der Waals surface area contributed by atoms with Crippen LogP contribution in [0.4, 0.5) is 23.1 Å². The number of carbonyl (C=O) groups excluding carboxylic acids is 1. The van der Waals surface area contributed by atoms with Gasteiger partial charge in [-0.1, -0.05) is 19.4 Å². The number of aryl methyl sites for hydroxylation is 2. The minimum absolute atomic E-state index is 0. The van der Waals surface area contributed by atoms with E-state index in [4.69, 9.17) is 0 Å². The van der Waals surface area contributed by atoms with Gasteiger partial charge < -0.3 is 15.5 Å². The Balaban J connectivity index is 0.00000341. The normalized spacial score (nSPS) is 15.3. The lowest BCUT2D eigenvalue weighted by molar-refractivity contribution is -0.385. The van der Waals surface area contributed by atoms with Crippen LogP contribution in [0.1, 0.15) is 44.4 Å². The Morgan fingerprint density at radius 3 is 2.77 bits per heavy atom. The maximum absolute atomic E-state index is 11.4. The molecule has 3 rings (SSSR count). The van der Waals surface area contributed by atoms with E-state index in [9.17, 15) is 14.9 Å². The number of anilines is 3. The van der Waals surface area contributed by atoms with Gasteiger partial charge in [-0.3, -0.25) is 14.9 Å². The molecule has 0 aliphatic carbocycles. The zero-order chi connectivity index (χ0) is 21.7. The van der Waals surface area contributed by atoms with Crippen LogP contribution >= 0.6 is 12.4 Å². The predicted octanol–water partition coefficient (Wildman–Crippen LogP) is 3.92. The first-order valence-electron chi connectivity index (χ1n) is 10.3. The van der Waals surface area contributed by atoms with E-state index in [1.807, 2.05) is 6.07 Å². The van der Waals surface area contributed by atoms with Crippen molar-refractivity contribution in [1.82, 2.24) is 15.3 Å². The Labute approximate surface area is 188 Å². The maximum Gasteiger partial charge on any atom is 0.274 e. The van der Waals surface area contributed by atoms with Crippen molar-refractivity contribution >= 4 is 41.5 Å². The van der Waals surface area contributed by atoms with Crippen molar-refractivity contribution in [3.8, 4) is 0 Å². The number of benzene rings is 1. The SMILES string of the molecule is CCCCc1cc(N2CC[C@H](NC(C)=O)C2)nc(Nc2ccc(C)c([N+](=O)[O-])c2)n1.Cl. The highest BCUT2D eigenvalue weighted by Crippen LogP contribution is 2.26. The molecule has 10 heteroatoms. The molecule has 1 saturated heterocycles. The van der Waals surface area contributed by atoms with E-state index in [0.29, 0.717) is 23.7 Å². The van der Waals surface area contributed by atoms with Gasteiger partial charge in [0.1, 0.15) is 5.82 Å². The highest BCUT2D eigenvalue weighted by Gasteiger charge is 2.25. The second kappa shape index (κ2) is 10.9. The number of hydrogen-bond acceptors (Lipinski definition) is 7. The molecule has 0 unspecified atom stereocenters. The van der Waals surface area contributed by atoms with Crippen LogP contribution in [0.5, 0.6) is 0 Å². The highest BCUT2D eigenvalue weighted by atomic mass is 35.5. The van der Waals surface area contributed by atoms with Crippen molar-refractivity contribution in [2.75, 3.05) is 23.3 Å². The van der Waals surface area contributed by atoms with Crippen molar-refractivity contribution in [2.45, 2.75) is 52.5 Å². The maximum atomic E-state index is 11.4. The summed E-state index contributed by atoms with van der Waals surface area (Å²) in [7, 11) is 0. The molecule has 0 radical (unpaired) electrons. The molecule has 1 fully saturated rings. The fourth-order valence-electron chi connectivity index (χ4n) is 3.57. The smallest absolute Gasteiger partial charge is 0.274 e. The molecule has 2 heterocycles. The Kier molecular flexibility index (Phi) is 8.56. The number of amides is 1. The predicted molar refractivity (Wildman–Crippen MR) is 123 cm³/mol. The van der Waals surface area contributed by atoms with Crippen LogP contribution in [0.2, 0.25) is 0 Å². The van der Waals surface area contributed by atoms with Crippen molar-refractivity contribution in [2.24, 2.45) is 0 Å². The van der Waals surface area contributed by atoms with Gasteiger partial charge in [-0.25, -0.2) is 4.98 Å². The lowest BCUT2D eigenvalue weighted by Gasteiger charge is -2.19. The van der Waals surface area contributed by atoms with E-state index in [-0.39, 0.29) is 30.0 Å². The van der Waals surface area contributed by atoms with Gasteiger partial charge in [-0.15, -0.1) is 12.4 Å². The monoisotopic (exact) mass is 448 g/mol. The zero-order valence-electron chi connectivity index (χ0n) is 18.1. The second-order valence-corrected chi connectivity index (χ2v) is 7.66. The molecule has 0 bridgehead atoms. The Bertz CT molecular complexity index is 939. The molecule has 1 atom stereocenters. The number of unbranched alkanes of at least 4 members (excludes halogenated alkanes) is 1. The van der Waals surface area contributed by atoms with Gasteiger partial charge in [-0.05, 0) is 32.3 Å². The van der Waals surface area contributed by atoms with Crippen molar-refractivity contribution < 1.29 is 9.72 Å². The molecule has 0 spiro atoms. The fraction of sp³-hybridized carbons (Fsp3) is 0.476. The third-order valence-corrected chi connectivity index (χ3v) is 5.13. The van der Waals surface area contributed by atoms with Crippen LogP contribution in [0.15, 0.2) is 24.3 Å². The van der Waals surface area contributed by atoms with Crippen LogP contribution in [-0.4, -0.2) is 39.9 Å². The van der Waals surface area contributed by atoms with E-state index in [1.54, 1.807) is 19.1 Å². The molecule has 1 aliphatic heterocycles. The Morgan fingerprint density at radius 2 is 2.10 bits per heavy atom. The molecule has 0 saturated carbocycles. The van der Waals surface area contributed by atoms with Crippen LogP contribution < -0.4 is 15.5 Å². The zero-order valence-corrected chi connectivity index (χ0v) is 18.9. The van der Waals surface area contributed by atoms with Crippen molar-refractivity contribution in [3.05, 3.63) is 45.6 Å². The van der Waals surface area contributed by atoms with E-state index in [2.05, 4.69) is 32.4 Å². The van der Waals surface area contributed by atoms with Gasteiger partial charge in [0.15, 0.2) is 0 Å². The Hall–Kier alpha value is -2.94. The summed E-state index contributed by atoms with van der Waals surface area (Å²) >= 11 is 0. The van der Waals surface area contributed by atoms with Gasteiger partial charge in [0, 0.05) is 55.1 Å². The topological polar surface area (TPSA) is 113 Å². The van der Waals surface area contributed by atoms with E-state index < -0.39 is 4.92 Å². The minimum atomic E-state index is -0.392. The molecule has 1 amide bonds. The van der Waals surface area contributed by atoms with Crippen LogP contribution in [0.3, 0.4) is 0 Å².